The lowest BCUT2D eigenvalue weighted by Gasteiger charge is -2.13. The van der Waals surface area contributed by atoms with E-state index in [4.69, 9.17) is 23.1 Å². The van der Waals surface area contributed by atoms with Crippen molar-refractivity contribution in [1.29, 1.82) is 0 Å². The summed E-state index contributed by atoms with van der Waals surface area (Å²) >= 11 is 6.07. The SMILES string of the molecule is CS(=O)(=O)c1cc(C(=O)N=C(N)N)ccc1Nc1ccccc1Cl. The molecule has 0 aliphatic rings. The van der Waals surface area contributed by atoms with Crippen molar-refractivity contribution < 1.29 is 13.2 Å². The molecule has 0 atom stereocenters. The van der Waals surface area contributed by atoms with Gasteiger partial charge >= 0.3 is 0 Å². The Morgan fingerprint density at radius 2 is 1.79 bits per heavy atom. The first-order valence-electron chi connectivity index (χ1n) is 6.68. The third-order valence-corrected chi connectivity index (χ3v) is 4.47. The van der Waals surface area contributed by atoms with Crippen LogP contribution in [-0.2, 0) is 9.84 Å². The molecule has 0 saturated heterocycles. The van der Waals surface area contributed by atoms with Crippen LogP contribution < -0.4 is 16.8 Å². The van der Waals surface area contributed by atoms with Crippen LogP contribution >= 0.6 is 11.6 Å². The molecule has 1 amide bonds. The van der Waals surface area contributed by atoms with E-state index in [2.05, 4.69) is 10.3 Å². The average molecular weight is 367 g/mol. The van der Waals surface area contributed by atoms with Crippen molar-refractivity contribution in [2.75, 3.05) is 11.6 Å². The molecule has 0 saturated carbocycles. The van der Waals surface area contributed by atoms with Crippen molar-refractivity contribution in [3.8, 4) is 0 Å². The lowest BCUT2D eigenvalue weighted by atomic mass is 10.2. The smallest absolute Gasteiger partial charge is 0.280 e. The second-order valence-corrected chi connectivity index (χ2v) is 7.32. The molecule has 0 radical (unpaired) electrons. The summed E-state index contributed by atoms with van der Waals surface area (Å²) in [6, 6.07) is 11.0. The Labute approximate surface area is 144 Å². The summed E-state index contributed by atoms with van der Waals surface area (Å²) in [6.45, 7) is 0. The normalized spacial score (nSPS) is 10.9. The highest BCUT2D eigenvalue weighted by Crippen LogP contribution is 2.30. The Morgan fingerprint density at radius 1 is 1.12 bits per heavy atom. The van der Waals surface area contributed by atoms with Crippen molar-refractivity contribution in [2.45, 2.75) is 4.90 Å². The third-order valence-electron chi connectivity index (χ3n) is 3.00. The number of rotatable bonds is 4. The Hall–Kier alpha value is -2.58. The number of anilines is 2. The van der Waals surface area contributed by atoms with Gasteiger partial charge in [-0.25, -0.2) is 8.42 Å². The number of amides is 1. The number of benzene rings is 2. The molecule has 0 aliphatic carbocycles. The van der Waals surface area contributed by atoms with Gasteiger partial charge in [-0.05, 0) is 30.3 Å². The van der Waals surface area contributed by atoms with Gasteiger partial charge in [0.15, 0.2) is 15.8 Å². The molecule has 7 nitrogen and oxygen atoms in total. The van der Waals surface area contributed by atoms with E-state index in [1.807, 2.05) is 0 Å². The van der Waals surface area contributed by atoms with Gasteiger partial charge in [0.25, 0.3) is 5.91 Å². The number of halogens is 1. The van der Waals surface area contributed by atoms with Crippen molar-refractivity contribution in [2.24, 2.45) is 16.5 Å². The molecule has 0 heterocycles. The van der Waals surface area contributed by atoms with Gasteiger partial charge in [-0.2, -0.15) is 4.99 Å². The molecule has 0 aliphatic heterocycles. The van der Waals surface area contributed by atoms with Gasteiger partial charge in [0, 0.05) is 11.8 Å². The van der Waals surface area contributed by atoms with Gasteiger partial charge in [0.05, 0.1) is 21.3 Å². The number of guanidine groups is 1. The van der Waals surface area contributed by atoms with Crippen molar-refractivity contribution in [3.05, 3.63) is 53.1 Å². The van der Waals surface area contributed by atoms with E-state index in [9.17, 15) is 13.2 Å². The summed E-state index contributed by atoms with van der Waals surface area (Å²) in [6.07, 6.45) is 1.04. The fraction of sp³-hybridized carbons (Fsp3) is 0.0667. The lowest BCUT2D eigenvalue weighted by molar-refractivity contribution is 0.100. The fourth-order valence-corrected chi connectivity index (χ4v) is 3.00. The monoisotopic (exact) mass is 366 g/mol. The van der Waals surface area contributed by atoms with Gasteiger partial charge in [-0.15, -0.1) is 0 Å². The maximum Gasteiger partial charge on any atom is 0.280 e. The molecule has 0 aromatic heterocycles. The molecule has 2 aromatic carbocycles. The first kappa shape index (κ1) is 17.8. The summed E-state index contributed by atoms with van der Waals surface area (Å²) in [7, 11) is -3.62. The zero-order valence-electron chi connectivity index (χ0n) is 12.7. The average Bonchev–Trinajstić information content (AvgIpc) is 2.48. The molecule has 0 unspecified atom stereocenters. The van der Waals surface area contributed by atoms with E-state index in [1.54, 1.807) is 24.3 Å². The minimum Gasteiger partial charge on any atom is -0.370 e. The van der Waals surface area contributed by atoms with Crippen LogP contribution in [0.2, 0.25) is 5.02 Å². The maximum absolute atomic E-state index is 12.1. The van der Waals surface area contributed by atoms with E-state index in [0.717, 1.165) is 6.26 Å². The minimum atomic E-state index is -3.62. The molecule has 9 heteroatoms. The molecule has 0 fully saturated rings. The summed E-state index contributed by atoms with van der Waals surface area (Å²) in [5.41, 5.74) is 11.2. The van der Waals surface area contributed by atoms with Crippen molar-refractivity contribution in [3.63, 3.8) is 0 Å². The van der Waals surface area contributed by atoms with E-state index < -0.39 is 21.7 Å². The summed E-state index contributed by atoms with van der Waals surface area (Å²) in [5, 5.41) is 3.37. The lowest BCUT2D eigenvalue weighted by Crippen LogP contribution is -2.24. The largest absolute Gasteiger partial charge is 0.370 e. The molecule has 0 spiro atoms. The Morgan fingerprint density at radius 3 is 2.38 bits per heavy atom. The van der Waals surface area contributed by atoms with E-state index in [0.29, 0.717) is 10.7 Å². The molecule has 126 valence electrons. The zero-order chi connectivity index (χ0) is 17.9. The number of para-hydroxylation sites is 1. The number of nitrogens with two attached hydrogens (primary N) is 2. The zero-order valence-corrected chi connectivity index (χ0v) is 14.2. The topological polar surface area (TPSA) is 128 Å². The van der Waals surface area contributed by atoms with Crippen LogP contribution in [0.25, 0.3) is 0 Å². The van der Waals surface area contributed by atoms with Gasteiger partial charge in [-0.1, -0.05) is 23.7 Å². The molecule has 0 bridgehead atoms. The number of hydrogen-bond donors (Lipinski definition) is 3. The fourth-order valence-electron chi connectivity index (χ4n) is 1.95. The highest BCUT2D eigenvalue weighted by Gasteiger charge is 2.17. The number of carbonyl (C=O) groups is 1. The Bertz CT molecular complexity index is 922. The van der Waals surface area contributed by atoms with E-state index in [-0.39, 0.29) is 16.1 Å². The molecular weight excluding hydrogens is 352 g/mol. The number of sulfone groups is 1. The number of nitrogens with zero attached hydrogens (tertiary/aromatic N) is 1. The number of aliphatic imine (C=N–C) groups is 1. The van der Waals surface area contributed by atoms with Crippen LogP contribution in [0.1, 0.15) is 10.4 Å². The molecule has 5 N–H and O–H groups in total. The number of hydrogen-bond acceptors (Lipinski definition) is 4. The first-order valence-corrected chi connectivity index (χ1v) is 8.95. The van der Waals surface area contributed by atoms with Gasteiger partial charge in [-0.3, -0.25) is 4.79 Å². The number of carbonyl (C=O) groups excluding carboxylic acids is 1. The summed E-state index contributed by atoms with van der Waals surface area (Å²) in [5.74, 6) is -1.14. The van der Waals surface area contributed by atoms with Crippen LogP contribution in [0.15, 0.2) is 52.4 Å². The van der Waals surface area contributed by atoms with Crippen LogP contribution in [-0.4, -0.2) is 26.5 Å². The second-order valence-electron chi connectivity index (χ2n) is 4.93. The van der Waals surface area contributed by atoms with Crippen LogP contribution in [0.5, 0.6) is 0 Å². The summed E-state index contributed by atoms with van der Waals surface area (Å²) < 4.78 is 24.1. The molecule has 2 aromatic rings. The first-order chi connectivity index (χ1) is 11.2. The highest BCUT2D eigenvalue weighted by atomic mass is 35.5. The van der Waals surface area contributed by atoms with E-state index in [1.165, 1.54) is 18.2 Å². The molecule has 2 rings (SSSR count). The summed E-state index contributed by atoms with van der Waals surface area (Å²) in [4.78, 5) is 15.2. The predicted octanol–water partition coefficient (Wildman–Crippen LogP) is 1.90. The van der Waals surface area contributed by atoms with Gasteiger partial charge in [0.2, 0.25) is 0 Å². The molecular formula is C15H15ClN4O3S. The van der Waals surface area contributed by atoms with Crippen molar-refractivity contribution in [1.82, 2.24) is 0 Å². The van der Waals surface area contributed by atoms with Gasteiger partial charge < -0.3 is 16.8 Å². The Balaban J connectivity index is 2.51. The maximum atomic E-state index is 12.1. The van der Waals surface area contributed by atoms with Crippen LogP contribution in [0.4, 0.5) is 11.4 Å². The Kier molecular flexibility index (Phi) is 5.10. The third kappa shape index (κ3) is 4.24. The highest BCUT2D eigenvalue weighted by molar-refractivity contribution is 7.90. The minimum absolute atomic E-state index is 0.0496. The quantitative estimate of drug-likeness (QED) is 0.560. The predicted molar refractivity (Wildman–Crippen MR) is 94.4 cm³/mol. The van der Waals surface area contributed by atoms with E-state index >= 15 is 0 Å². The second kappa shape index (κ2) is 6.90. The van der Waals surface area contributed by atoms with Gasteiger partial charge in [0.1, 0.15) is 0 Å². The van der Waals surface area contributed by atoms with Crippen LogP contribution in [0, 0.1) is 0 Å². The molecule has 24 heavy (non-hydrogen) atoms. The van der Waals surface area contributed by atoms with Crippen LogP contribution in [0.3, 0.4) is 0 Å². The standard InChI is InChI=1S/C15H15ClN4O3S/c1-24(22,23)13-8-9(14(21)20-15(17)18)6-7-12(13)19-11-5-3-2-4-10(11)16/h2-8,19H,1H3,(H4,17,18,20,21). The van der Waals surface area contributed by atoms with Crippen molar-refractivity contribution >= 4 is 44.7 Å². The number of nitrogens with one attached hydrogen (secondary N) is 1.